The molecular weight excluding hydrogens is 302 g/mol. The number of benzene rings is 2. The second-order valence-corrected chi connectivity index (χ2v) is 5.96. The van der Waals surface area contributed by atoms with Crippen molar-refractivity contribution in [2.75, 3.05) is 6.61 Å². The summed E-state index contributed by atoms with van der Waals surface area (Å²) in [4.78, 5) is 19.8. The maximum absolute atomic E-state index is 12.1. The van der Waals surface area contributed by atoms with Crippen LogP contribution in [0, 0.1) is 13.8 Å². The molecule has 0 aliphatic heterocycles. The number of aromatic nitrogens is 2. The van der Waals surface area contributed by atoms with Crippen LogP contribution in [0.4, 0.5) is 0 Å². The van der Waals surface area contributed by atoms with E-state index in [9.17, 15) is 4.79 Å². The molecule has 0 aliphatic rings. The van der Waals surface area contributed by atoms with E-state index in [-0.39, 0.29) is 18.6 Å². The summed E-state index contributed by atoms with van der Waals surface area (Å²) in [5.74, 6) is 1.25. The summed E-state index contributed by atoms with van der Waals surface area (Å²) in [5, 5.41) is 2.90. The van der Waals surface area contributed by atoms with Gasteiger partial charge in [-0.1, -0.05) is 18.2 Å². The number of hydrogen-bond donors (Lipinski definition) is 2. The van der Waals surface area contributed by atoms with Crippen LogP contribution < -0.4 is 10.1 Å². The Morgan fingerprint density at radius 1 is 1.21 bits per heavy atom. The van der Waals surface area contributed by atoms with E-state index in [1.165, 1.54) is 5.56 Å². The van der Waals surface area contributed by atoms with Crippen molar-refractivity contribution in [2.45, 2.75) is 26.8 Å². The predicted octanol–water partition coefficient (Wildman–Crippen LogP) is 3.44. The summed E-state index contributed by atoms with van der Waals surface area (Å²) in [7, 11) is 0. The van der Waals surface area contributed by atoms with Crippen molar-refractivity contribution < 1.29 is 9.53 Å². The van der Waals surface area contributed by atoms with Crippen molar-refractivity contribution in [2.24, 2.45) is 0 Å². The molecule has 0 bridgehead atoms. The number of para-hydroxylation sites is 2. The number of imidazole rings is 1. The van der Waals surface area contributed by atoms with Crippen LogP contribution in [0.1, 0.15) is 29.9 Å². The molecule has 1 unspecified atom stereocenters. The first-order valence-corrected chi connectivity index (χ1v) is 7.97. The van der Waals surface area contributed by atoms with Gasteiger partial charge in [-0.15, -0.1) is 0 Å². The van der Waals surface area contributed by atoms with E-state index < -0.39 is 0 Å². The van der Waals surface area contributed by atoms with Gasteiger partial charge in [-0.25, -0.2) is 4.98 Å². The van der Waals surface area contributed by atoms with Crippen LogP contribution in [0.25, 0.3) is 11.0 Å². The molecule has 1 atom stereocenters. The summed E-state index contributed by atoms with van der Waals surface area (Å²) < 4.78 is 5.56. The standard InChI is InChI=1S/C19H21N3O2/c1-12-8-9-15(10-13(12)2)24-11-18(23)20-14(3)19-21-16-6-4-5-7-17(16)22-19/h4-10,14H,11H2,1-3H3,(H,20,23)(H,21,22). The van der Waals surface area contributed by atoms with Crippen LogP contribution in [0.5, 0.6) is 5.75 Å². The molecule has 5 nitrogen and oxygen atoms in total. The van der Waals surface area contributed by atoms with Crippen molar-refractivity contribution >= 4 is 16.9 Å². The van der Waals surface area contributed by atoms with Crippen molar-refractivity contribution in [3.8, 4) is 5.75 Å². The maximum atomic E-state index is 12.1. The number of ether oxygens (including phenoxy) is 1. The Morgan fingerprint density at radius 3 is 2.75 bits per heavy atom. The molecule has 5 heteroatoms. The van der Waals surface area contributed by atoms with Gasteiger partial charge in [0, 0.05) is 0 Å². The topological polar surface area (TPSA) is 67.0 Å². The highest BCUT2D eigenvalue weighted by molar-refractivity contribution is 5.78. The summed E-state index contributed by atoms with van der Waals surface area (Å²) in [6.07, 6.45) is 0. The van der Waals surface area contributed by atoms with E-state index in [0.29, 0.717) is 5.75 Å². The lowest BCUT2D eigenvalue weighted by molar-refractivity contribution is -0.123. The van der Waals surface area contributed by atoms with Gasteiger partial charge in [0.25, 0.3) is 5.91 Å². The Balaban J connectivity index is 1.58. The van der Waals surface area contributed by atoms with Crippen molar-refractivity contribution in [1.82, 2.24) is 15.3 Å². The molecule has 0 aliphatic carbocycles. The number of rotatable bonds is 5. The average molecular weight is 323 g/mol. The van der Waals surface area contributed by atoms with Crippen LogP contribution in [-0.4, -0.2) is 22.5 Å². The molecule has 2 aromatic carbocycles. The number of carbonyl (C=O) groups excluding carboxylic acids is 1. The molecule has 0 spiro atoms. The van der Waals surface area contributed by atoms with Gasteiger partial charge in [0.1, 0.15) is 11.6 Å². The van der Waals surface area contributed by atoms with Crippen molar-refractivity contribution in [3.05, 3.63) is 59.4 Å². The third-order valence-electron chi connectivity index (χ3n) is 4.04. The molecule has 24 heavy (non-hydrogen) atoms. The fourth-order valence-electron chi connectivity index (χ4n) is 2.48. The highest BCUT2D eigenvalue weighted by Crippen LogP contribution is 2.17. The Labute approximate surface area is 141 Å². The number of amides is 1. The average Bonchev–Trinajstić information content (AvgIpc) is 3.00. The molecule has 1 aromatic heterocycles. The van der Waals surface area contributed by atoms with E-state index in [1.54, 1.807) is 0 Å². The third kappa shape index (κ3) is 3.56. The van der Waals surface area contributed by atoms with Gasteiger partial charge >= 0.3 is 0 Å². The van der Waals surface area contributed by atoms with Crippen molar-refractivity contribution in [1.29, 1.82) is 0 Å². The van der Waals surface area contributed by atoms with Gasteiger partial charge in [-0.05, 0) is 56.2 Å². The number of H-pyrrole nitrogens is 1. The van der Waals surface area contributed by atoms with E-state index in [4.69, 9.17) is 4.74 Å². The zero-order valence-electron chi connectivity index (χ0n) is 14.1. The molecule has 0 saturated heterocycles. The normalized spacial score (nSPS) is 12.1. The first-order valence-electron chi connectivity index (χ1n) is 7.97. The Kier molecular flexibility index (Phi) is 4.51. The lowest BCUT2D eigenvalue weighted by Crippen LogP contribution is -2.31. The van der Waals surface area contributed by atoms with E-state index in [0.717, 1.165) is 22.4 Å². The first-order chi connectivity index (χ1) is 11.5. The number of aryl methyl sites for hydroxylation is 2. The van der Waals surface area contributed by atoms with E-state index >= 15 is 0 Å². The number of nitrogens with zero attached hydrogens (tertiary/aromatic N) is 1. The highest BCUT2D eigenvalue weighted by Gasteiger charge is 2.14. The van der Waals surface area contributed by atoms with Crippen LogP contribution in [0.3, 0.4) is 0 Å². The number of nitrogens with one attached hydrogen (secondary N) is 2. The smallest absolute Gasteiger partial charge is 0.258 e. The third-order valence-corrected chi connectivity index (χ3v) is 4.04. The second-order valence-electron chi connectivity index (χ2n) is 5.96. The summed E-state index contributed by atoms with van der Waals surface area (Å²) in [6, 6.07) is 13.4. The van der Waals surface area contributed by atoms with Crippen LogP contribution >= 0.6 is 0 Å². The Hall–Kier alpha value is -2.82. The molecule has 0 fully saturated rings. The number of aromatic amines is 1. The molecule has 0 radical (unpaired) electrons. The monoisotopic (exact) mass is 323 g/mol. The van der Waals surface area contributed by atoms with Crippen LogP contribution in [0.15, 0.2) is 42.5 Å². The molecule has 3 aromatic rings. The van der Waals surface area contributed by atoms with Crippen molar-refractivity contribution in [3.63, 3.8) is 0 Å². The van der Waals surface area contributed by atoms with Gasteiger partial charge in [0.15, 0.2) is 6.61 Å². The molecule has 2 N–H and O–H groups in total. The molecule has 1 heterocycles. The minimum absolute atomic E-state index is 0.0208. The van der Waals surface area contributed by atoms with Crippen LogP contribution in [-0.2, 0) is 4.79 Å². The Bertz CT molecular complexity index is 837. The maximum Gasteiger partial charge on any atom is 0.258 e. The van der Waals surface area contributed by atoms with Gasteiger partial charge in [0.2, 0.25) is 0 Å². The summed E-state index contributed by atoms with van der Waals surface area (Å²) in [6.45, 7) is 5.94. The predicted molar refractivity (Wildman–Crippen MR) is 94.1 cm³/mol. The number of carbonyl (C=O) groups is 1. The first kappa shape index (κ1) is 16.1. The number of hydrogen-bond acceptors (Lipinski definition) is 3. The lowest BCUT2D eigenvalue weighted by Gasteiger charge is -2.12. The largest absolute Gasteiger partial charge is 0.484 e. The SMILES string of the molecule is Cc1ccc(OCC(=O)NC(C)c2nc3ccccc3[nH]2)cc1C. The van der Waals surface area contributed by atoms with Crippen LogP contribution in [0.2, 0.25) is 0 Å². The van der Waals surface area contributed by atoms with Gasteiger partial charge in [-0.3, -0.25) is 4.79 Å². The second kappa shape index (κ2) is 6.74. The van der Waals surface area contributed by atoms with E-state index in [1.807, 2.05) is 63.2 Å². The van der Waals surface area contributed by atoms with Gasteiger partial charge < -0.3 is 15.0 Å². The fraction of sp³-hybridized carbons (Fsp3) is 0.263. The quantitative estimate of drug-likeness (QED) is 0.756. The molecule has 124 valence electrons. The van der Waals surface area contributed by atoms with Gasteiger partial charge in [0.05, 0.1) is 17.1 Å². The minimum atomic E-state index is -0.215. The van der Waals surface area contributed by atoms with E-state index in [2.05, 4.69) is 15.3 Å². The number of fused-ring (bicyclic) bond motifs is 1. The molecule has 0 saturated carbocycles. The fourth-order valence-corrected chi connectivity index (χ4v) is 2.48. The zero-order valence-corrected chi connectivity index (χ0v) is 14.1. The Morgan fingerprint density at radius 2 is 2.00 bits per heavy atom. The van der Waals surface area contributed by atoms with Gasteiger partial charge in [-0.2, -0.15) is 0 Å². The molecular formula is C19H21N3O2. The molecule has 3 rings (SSSR count). The lowest BCUT2D eigenvalue weighted by atomic mass is 10.1. The summed E-state index contributed by atoms with van der Waals surface area (Å²) >= 11 is 0. The highest BCUT2D eigenvalue weighted by atomic mass is 16.5. The minimum Gasteiger partial charge on any atom is -0.484 e. The summed E-state index contributed by atoms with van der Waals surface area (Å²) in [5.41, 5.74) is 4.19. The molecule has 1 amide bonds. The zero-order chi connectivity index (χ0) is 17.1.